The van der Waals surface area contributed by atoms with Gasteiger partial charge in [-0.05, 0) is 31.6 Å². The molecule has 1 fully saturated rings. The summed E-state index contributed by atoms with van der Waals surface area (Å²) in [5, 5.41) is 10.0. The molecule has 0 aliphatic carbocycles. The number of nitriles is 1. The summed E-state index contributed by atoms with van der Waals surface area (Å²) in [7, 11) is 2.04. The molecule has 0 saturated carbocycles. The summed E-state index contributed by atoms with van der Waals surface area (Å²) >= 11 is 1.49. The Kier molecular flexibility index (Phi) is 5.34. The molecule has 0 amide bonds. The van der Waals surface area contributed by atoms with E-state index in [1.165, 1.54) is 11.8 Å². The van der Waals surface area contributed by atoms with Crippen molar-refractivity contribution in [2.24, 2.45) is 0 Å². The van der Waals surface area contributed by atoms with Crippen LogP contribution in [-0.2, 0) is 0 Å². The predicted octanol–water partition coefficient (Wildman–Crippen LogP) is 2.27. The van der Waals surface area contributed by atoms with E-state index in [9.17, 15) is 5.26 Å². The van der Waals surface area contributed by atoms with Crippen LogP contribution in [0, 0.1) is 18.3 Å². The van der Waals surface area contributed by atoms with Crippen LogP contribution in [0.2, 0.25) is 0 Å². The zero-order valence-electron chi connectivity index (χ0n) is 14.7. The molecule has 0 N–H and O–H groups in total. The van der Waals surface area contributed by atoms with Crippen LogP contribution in [0.3, 0.4) is 0 Å². The van der Waals surface area contributed by atoms with Crippen LogP contribution in [0.15, 0.2) is 23.7 Å². The molecule has 3 heterocycles. The van der Waals surface area contributed by atoms with Gasteiger partial charge in [-0.15, -0.1) is 0 Å². The van der Waals surface area contributed by atoms with Crippen LogP contribution in [0.25, 0.3) is 0 Å². The summed E-state index contributed by atoms with van der Waals surface area (Å²) in [6.07, 6.45) is 9.19. The van der Waals surface area contributed by atoms with Crippen molar-refractivity contribution in [1.82, 2.24) is 19.9 Å². The quantitative estimate of drug-likeness (QED) is 0.610. The predicted molar refractivity (Wildman–Crippen MR) is 98.9 cm³/mol. The molecule has 3 rings (SSSR count). The minimum atomic E-state index is 0.381. The summed E-state index contributed by atoms with van der Waals surface area (Å²) in [6, 6.07) is 2.58. The van der Waals surface area contributed by atoms with Crippen molar-refractivity contribution in [3.63, 3.8) is 0 Å². The number of hydrogen-bond donors (Lipinski definition) is 0. The van der Waals surface area contributed by atoms with Gasteiger partial charge in [0, 0.05) is 38.6 Å². The van der Waals surface area contributed by atoms with E-state index in [1.54, 1.807) is 6.20 Å². The van der Waals surface area contributed by atoms with Gasteiger partial charge >= 0.3 is 0 Å². The molecule has 1 aliphatic rings. The highest BCUT2D eigenvalue weighted by Crippen LogP contribution is 2.26. The number of rotatable bonds is 4. The molecule has 1 saturated heterocycles. The van der Waals surface area contributed by atoms with Crippen molar-refractivity contribution >= 4 is 23.5 Å². The zero-order valence-corrected chi connectivity index (χ0v) is 15.5. The van der Waals surface area contributed by atoms with Gasteiger partial charge in [0.15, 0.2) is 11.0 Å². The number of nitrogens with zero attached hydrogens (tertiary/aromatic N) is 7. The summed E-state index contributed by atoms with van der Waals surface area (Å²) < 4.78 is 0. The lowest BCUT2D eigenvalue weighted by Gasteiger charge is -2.37. The van der Waals surface area contributed by atoms with Gasteiger partial charge in [-0.3, -0.25) is 0 Å². The van der Waals surface area contributed by atoms with Gasteiger partial charge in [0.2, 0.25) is 5.95 Å². The number of piperidine rings is 1. The summed E-state index contributed by atoms with van der Waals surface area (Å²) in [4.78, 5) is 21.9. The fraction of sp³-hybridized carbons (Fsp3) is 0.471. The van der Waals surface area contributed by atoms with E-state index in [2.05, 4.69) is 35.8 Å². The van der Waals surface area contributed by atoms with Crippen LogP contribution in [0.1, 0.15) is 24.0 Å². The molecule has 2 aromatic heterocycles. The highest BCUT2D eigenvalue weighted by molar-refractivity contribution is 7.98. The monoisotopic (exact) mass is 355 g/mol. The molecule has 0 aromatic carbocycles. The normalized spacial score (nSPS) is 15.0. The second-order valence-corrected chi connectivity index (χ2v) is 6.87. The molecule has 130 valence electrons. The van der Waals surface area contributed by atoms with Gasteiger partial charge in [-0.1, -0.05) is 11.8 Å². The molecule has 0 unspecified atom stereocenters. The van der Waals surface area contributed by atoms with E-state index in [0.29, 0.717) is 16.8 Å². The molecule has 1 aliphatic heterocycles. The maximum atomic E-state index is 9.34. The van der Waals surface area contributed by atoms with Crippen molar-refractivity contribution in [3.8, 4) is 6.07 Å². The Hall–Kier alpha value is -2.40. The maximum Gasteiger partial charge on any atom is 0.225 e. The Bertz CT molecular complexity index is 764. The fourth-order valence-corrected chi connectivity index (χ4v) is 3.31. The summed E-state index contributed by atoms with van der Waals surface area (Å²) in [5.74, 6) is 1.50. The Labute approximate surface area is 152 Å². The number of aromatic nitrogens is 4. The van der Waals surface area contributed by atoms with Gasteiger partial charge in [0.25, 0.3) is 0 Å². The molecule has 25 heavy (non-hydrogen) atoms. The third kappa shape index (κ3) is 3.82. The van der Waals surface area contributed by atoms with Crippen molar-refractivity contribution < 1.29 is 0 Å². The highest BCUT2D eigenvalue weighted by atomic mass is 32.2. The molecule has 2 aromatic rings. The molecule has 0 bridgehead atoms. The number of anilines is 2. The van der Waals surface area contributed by atoms with Crippen LogP contribution >= 0.6 is 11.8 Å². The minimum Gasteiger partial charge on any atom is -0.355 e. The number of thioether (sulfide) groups is 1. The Morgan fingerprint density at radius 3 is 2.48 bits per heavy atom. The SMILES string of the molecule is CSc1ncc(C#N)c(N2CCC(N(C)c3ncc(C)cn3)CC2)n1. The van der Waals surface area contributed by atoms with Gasteiger partial charge in [0.05, 0.1) is 6.20 Å². The second kappa shape index (κ2) is 7.66. The summed E-state index contributed by atoms with van der Waals surface area (Å²) in [6.45, 7) is 3.68. The average molecular weight is 355 g/mol. The first-order chi connectivity index (χ1) is 12.1. The van der Waals surface area contributed by atoms with E-state index >= 15 is 0 Å². The van der Waals surface area contributed by atoms with Gasteiger partial charge in [-0.25, -0.2) is 19.9 Å². The van der Waals surface area contributed by atoms with Crippen molar-refractivity contribution in [1.29, 1.82) is 5.26 Å². The van der Waals surface area contributed by atoms with Crippen LogP contribution in [0.5, 0.6) is 0 Å². The standard InChI is InChI=1S/C17H21N7S/c1-12-9-19-16(20-10-12)23(2)14-4-6-24(7-5-14)15-13(8-18)11-21-17(22-15)25-3/h9-11,14H,4-7H2,1-3H3. The van der Waals surface area contributed by atoms with E-state index in [0.717, 1.165) is 43.3 Å². The molecule has 0 radical (unpaired) electrons. The first kappa shape index (κ1) is 17.4. The van der Waals surface area contributed by atoms with Crippen LogP contribution < -0.4 is 9.80 Å². The number of aryl methyl sites for hydroxylation is 1. The van der Waals surface area contributed by atoms with E-state index in [4.69, 9.17) is 0 Å². The van der Waals surface area contributed by atoms with Gasteiger partial charge in [-0.2, -0.15) is 5.26 Å². The van der Waals surface area contributed by atoms with E-state index in [-0.39, 0.29) is 0 Å². The third-order valence-electron chi connectivity index (χ3n) is 4.44. The largest absolute Gasteiger partial charge is 0.355 e. The Balaban J connectivity index is 1.70. The average Bonchev–Trinajstić information content (AvgIpc) is 2.67. The Morgan fingerprint density at radius 1 is 1.20 bits per heavy atom. The van der Waals surface area contributed by atoms with Crippen LogP contribution in [0.4, 0.5) is 11.8 Å². The summed E-state index contributed by atoms with van der Waals surface area (Å²) in [5.41, 5.74) is 1.59. The molecule has 8 heteroatoms. The van der Waals surface area contributed by atoms with Crippen molar-refractivity contribution in [2.45, 2.75) is 31.0 Å². The van der Waals surface area contributed by atoms with E-state index < -0.39 is 0 Å². The lowest BCUT2D eigenvalue weighted by atomic mass is 10.0. The lowest BCUT2D eigenvalue weighted by Crippen LogP contribution is -2.44. The van der Waals surface area contributed by atoms with Crippen LogP contribution in [-0.4, -0.2) is 52.4 Å². The molecule has 0 atom stereocenters. The van der Waals surface area contributed by atoms with Gasteiger partial charge in [0.1, 0.15) is 11.6 Å². The van der Waals surface area contributed by atoms with Gasteiger partial charge < -0.3 is 9.80 Å². The molecule has 0 spiro atoms. The minimum absolute atomic E-state index is 0.381. The fourth-order valence-electron chi connectivity index (χ4n) is 2.97. The zero-order chi connectivity index (χ0) is 17.8. The molecule has 7 nitrogen and oxygen atoms in total. The third-order valence-corrected chi connectivity index (χ3v) is 5.01. The second-order valence-electron chi connectivity index (χ2n) is 6.10. The molecular formula is C17H21N7S. The first-order valence-corrected chi connectivity index (χ1v) is 9.42. The molecular weight excluding hydrogens is 334 g/mol. The van der Waals surface area contributed by atoms with E-state index in [1.807, 2.05) is 32.6 Å². The smallest absolute Gasteiger partial charge is 0.225 e. The number of hydrogen-bond acceptors (Lipinski definition) is 8. The Morgan fingerprint density at radius 2 is 1.88 bits per heavy atom. The lowest BCUT2D eigenvalue weighted by molar-refractivity contribution is 0.474. The first-order valence-electron chi connectivity index (χ1n) is 8.20. The van der Waals surface area contributed by atoms with Crippen molar-refractivity contribution in [2.75, 3.05) is 36.2 Å². The maximum absolute atomic E-state index is 9.34. The topological polar surface area (TPSA) is 81.8 Å². The highest BCUT2D eigenvalue weighted by Gasteiger charge is 2.26. The van der Waals surface area contributed by atoms with Crippen molar-refractivity contribution in [3.05, 3.63) is 29.7 Å².